The van der Waals surface area contributed by atoms with E-state index in [-0.39, 0.29) is 12.1 Å². The Labute approximate surface area is 184 Å². The van der Waals surface area contributed by atoms with Gasteiger partial charge in [-0.15, -0.1) is 0 Å². The van der Waals surface area contributed by atoms with Crippen LogP contribution < -0.4 is 22.1 Å². The van der Waals surface area contributed by atoms with Crippen molar-refractivity contribution in [2.24, 2.45) is 5.73 Å². The summed E-state index contributed by atoms with van der Waals surface area (Å²) in [5.74, 6) is 0.575. The number of primary amides is 1. The highest BCUT2D eigenvalue weighted by Crippen LogP contribution is 2.25. The Morgan fingerprint density at radius 3 is 2.72 bits per heavy atom. The van der Waals surface area contributed by atoms with E-state index in [4.69, 9.17) is 16.2 Å². The SMILES string of the molecule is C/C=C(\C)OC(=O)N1CCC(Nc2cc(Nc3cc(N)ccn3)ncc2C(N)=O)[C@@H](F)C1. The molecule has 1 aliphatic rings. The number of hydrogen-bond acceptors (Lipinski definition) is 8. The van der Waals surface area contributed by atoms with Crippen LogP contribution in [0.25, 0.3) is 0 Å². The molecular formula is C21H26FN7O3. The maximum atomic E-state index is 14.9. The number of rotatable bonds is 6. The van der Waals surface area contributed by atoms with E-state index in [1.165, 1.54) is 11.1 Å². The molecule has 2 amide bonds. The van der Waals surface area contributed by atoms with Crippen LogP contribution >= 0.6 is 0 Å². The highest BCUT2D eigenvalue weighted by molar-refractivity contribution is 5.98. The highest BCUT2D eigenvalue weighted by atomic mass is 19.1. The molecule has 2 aromatic heterocycles. The van der Waals surface area contributed by atoms with E-state index in [2.05, 4.69) is 20.6 Å². The average Bonchev–Trinajstić information content (AvgIpc) is 2.75. The summed E-state index contributed by atoms with van der Waals surface area (Å²) in [6.07, 6.45) is 2.83. The molecule has 0 aromatic carbocycles. The normalized spacial score (nSPS) is 18.7. The number of nitrogens with zero attached hydrogens (tertiary/aromatic N) is 3. The van der Waals surface area contributed by atoms with Crippen molar-refractivity contribution in [3.63, 3.8) is 0 Å². The number of carbonyl (C=O) groups excluding carboxylic acids is 2. The van der Waals surface area contributed by atoms with Crippen LogP contribution in [0.2, 0.25) is 0 Å². The van der Waals surface area contributed by atoms with Crippen molar-refractivity contribution in [3.8, 4) is 0 Å². The van der Waals surface area contributed by atoms with E-state index < -0.39 is 24.2 Å². The molecule has 6 N–H and O–H groups in total. The summed E-state index contributed by atoms with van der Waals surface area (Å²) < 4.78 is 20.0. The number of carbonyl (C=O) groups is 2. The molecule has 1 unspecified atom stereocenters. The van der Waals surface area contributed by atoms with E-state index >= 15 is 0 Å². The number of likely N-dealkylation sites (tertiary alicyclic amines) is 1. The number of anilines is 4. The zero-order valence-electron chi connectivity index (χ0n) is 17.8. The van der Waals surface area contributed by atoms with E-state index in [0.29, 0.717) is 41.7 Å². The summed E-state index contributed by atoms with van der Waals surface area (Å²) in [7, 11) is 0. The smallest absolute Gasteiger partial charge is 0.414 e. The van der Waals surface area contributed by atoms with Crippen LogP contribution in [0, 0.1) is 0 Å². The summed E-state index contributed by atoms with van der Waals surface area (Å²) in [6, 6.07) is 4.18. The van der Waals surface area contributed by atoms with E-state index in [0.717, 1.165) is 0 Å². The molecule has 3 rings (SSSR count). The molecule has 0 bridgehead atoms. The first kappa shape index (κ1) is 22.8. The van der Waals surface area contributed by atoms with Crippen LogP contribution in [0.3, 0.4) is 0 Å². The second-order valence-electron chi connectivity index (χ2n) is 7.35. The topological polar surface area (TPSA) is 148 Å². The Bertz CT molecular complexity index is 1030. The first-order valence-corrected chi connectivity index (χ1v) is 10.1. The third-order valence-corrected chi connectivity index (χ3v) is 5.00. The predicted molar refractivity (Wildman–Crippen MR) is 119 cm³/mol. The fourth-order valence-electron chi connectivity index (χ4n) is 3.18. The maximum absolute atomic E-state index is 14.9. The third-order valence-electron chi connectivity index (χ3n) is 5.00. The predicted octanol–water partition coefficient (Wildman–Crippen LogP) is 2.79. The summed E-state index contributed by atoms with van der Waals surface area (Å²) in [5, 5.41) is 6.02. The zero-order chi connectivity index (χ0) is 23.3. The van der Waals surface area contributed by atoms with Crippen molar-refractivity contribution in [2.45, 2.75) is 32.5 Å². The fraction of sp³-hybridized carbons (Fsp3) is 0.333. The third kappa shape index (κ3) is 5.62. The summed E-state index contributed by atoms with van der Waals surface area (Å²) in [5.41, 5.74) is 12.2. The first-order valence-electron chi connectivity index (χ1n) is 10.1. The largest absolute Gasteiger partial charge is 0.415 e. The van der Waals surface area contributed by atoms with Gasteiger partial charge in [-0.3, -0.25) is 4.79 Å². The van der Waals surface area contributed by atoms with Crippen LogP contribution in [-0.2, 0) is 4.74 Å². The van der Waals surface area contributed by atoms with Gasteiger partial charge in [0.15, 0.2) is 0 Å². The monoisotopic (exact) mass is 443 g/mol. The zero-order valence-corrected chi connectivity index (χ0v) is 17.8. The number of aromatic nitrogens is 2. The molecule has 170 valence electrons. The van der Waals surface area contributed by atoms with Gasteiger partial charge in [-0.1, -0.05) is 0 Å². The molecule has 0 radical (unpaired) electrons. The van der Waals surface area contributed by atoms with Gasteiger partial charge < -0.3 is 31.7 Å². The number of nitrogens with two attached hydrogens (primary N) is 2. The van der Waals surface area contributed by atoms with Gasteiger partial charge in [0.2, 0.25) is 0 Å². The van der Waals surface area contributed by atoms with Crippen LogP contribution in [0.15, 0.2) is 42.4 Å². The van der Waals surface area contributed by atoms with E-state index in [9.17, 15) is 14.0 Å². The second-order valence-corrected chi connectivity index (χ2v) is 7.35. The molecule has 3 heterocycles. The Kier molecular flexibility index (Phi) is 7.08. The molecular weight excluding hydrogens is 417 g/mol. The molecule has 1 saturated heterocycles. The molecule has 10 nitrogen and oxygen atoms in total. The lowest BCUT2D eigenvalue weighted by atomic mass is 10.0. The first-order chi connectivity index (χ1) is 15.3. The second kappa shape index (κ2) is 9.94. The highest BCUT2D eigenvalue weighted by Gasteiger charge is 2.33. The average molecular weight is 443 g/mol. The van der Waals surface area contributed by atoms with Crippen molar-refractivity contribution in [1.29, 1.82) is 0 Å². The lowest BCUT2D eigenvalue weighted by Gasteiger charge is -2.35. The maximum Gasteiger partial charge on any atom is 0.414 e. The number of halogens is 1. The number of amides is 2. The van der Waals surface area contributed by atoms with Crippen LogP contribution in [0.1, 0.15) is 30.6 Å². The molecule has 0 saturated carbocycles. The van der Waals surface area contributed by atoms with E-state index in [1.54, 1.807) is 44.3 Å². The summed E-state index contributed by atoms with van der Waals surface area (Å²) in [6.45, 7) is 3.55. The van der Waals surface area contributed by atoms with Crippen molar-refractivity contribution in [1.82, 2.24) is 14.9 Å². The van der Waals surface area contributed by atoms with Gasteiger partial charge in [-0.25, -0.2) is 19.2 Å². The van der Waals surface area contributed by atoms with Gasteiger partial charge in [-0.05, 0) is 32.4 Å². The number of nitrogen functional groups attached to an aromatic ring is 1. The van der Waals surface area contributed by atoms with Crippen molar-refractivity contribution in [3.05, 3.63) is 48.0 Å². The van der Waals surface area contributed by atoms with Gasteiger partial charge in [0.25, 0.3) is 5.91 Å². The van der Waals surface area contributed by atoms with Crippen LogP contribution in [0.5, 0.6) is 0 Å². The quantitative estimate of drug-likeness (QED) is 0.498. The number of alkyl halides is 1. The summed E-state index contributed by atoms with van der Waals surface area (Å²) in [4.78, 5) is 33.6. The minimum absolute atomic E-state index is 0.119. The van der Waals surface area contributed by atoms with Crippen LogP contribution in [-0.4, -0.2) is 52.2 Å². The minimum Gasteiger partial charge on any atom is -0.415 e. The molecule has 0 spiro atoms. The Morgan fingerprint density at radius 2 is 2.06 bits per heavy atom. The van der Waals surface area contributed by atoms with Crippen LogP contribution in [0.4, 0.5) is 32.2 Å². The molecule has 32 heavy (non-hydrogen) atoms. The van der Waals surface area contributed by atoms with Gasteiger partial charge in [-0.2, -0.15) is 0 Å². The van der Waals surface area contributed by atoms with Gasteiger partial charge in [0, 0.05) is 36.8 Å². The Hall–Kier alpha value is -3.89. The molecule has 1 fully saturated rings. The number of nitrogens with one attached hydrogen (secondary N) is 2. The number of allylic oxidation sites excluding steroid dienone is 2. The Morgan fingerprint density at radius 1 is 1.31 bits per heavy atom. The van der Waals surface area contributed by atoms with Crippen molar-refractivity contribution >= 4 is 35.0 Å². The number of piperidine rings is 1. The molecule has 2 aromatic rings. The standard InChI is InChI=1S/C21H26FN7O3/c1-3-12(2)32-21(31)29-7-5-16(15(22)11-29)27-17-9-19(26-10-14(17)20(24)30)28-18-8-13(23)4-6-25-18/h3-4,6,8-10,15-16H,5,7,11H2,1-2H3,(H2,24,30)(H4,23,25,26,27,28)/b12-3+/t15-,16?/m0/s1. The number of ether oxygens (including phenoxy) is 1. The molecule has 2 atom stereocenters. The van der Waals surface area contributed by atoms with Crippen molar-refractivity contribution < 1.29 is 18.7 Å². The van der Waals surface area contributed by atoms with Crippen molar-refractivity contribution in [2.75, 3.05) is 29.5 Å². The lowest BCUT2D eigenvalue weighted by molar-refractivity contribution is 0.0906. The van der Waals surface area contributed by atoms with Gasteiger partial charge in [0.05, 0.1) is 23.8 Å². The Balaban J connectivity index is 1.73. The lowest BCUT2D eigenvalue weighted by Crippen LogP contribution is -2.50. The number of hydrogen-bond donors (Lipinski definition) is 4. The molecule has 0 aliphatic carbocycles. The number of pyridine rings is 2. The van der Waals surface area contributed by atoms with Gasteiger partial charge >= 0.3 is 6.09 Å². The molecule has 11 heteroatoms. The van der Waals surface area contributed by atoms with Gasteiger partial charge in [0.1, 0.15) is 23.6 Å². The molecule has 1 aliphatic heterocycles. The summed E-state index contributed by atoms with van der Waals surface area (Å²) >= 11 is 0. The minimum atomic E-state index is -1.39. The van der Waals surface area contributed by atoms with E-state index in [1.807, 2.05) is 0 Å². The fourth-order valence-corrected chi connectivity index (χ4v) is 3.18.